The molecular formula is C27H28ClNO3. The number of ether oxygens (including phenoxy) is 2. The summed E-state index contributed by atoms with van der Waals surface area (Å²) in [4.78, 5) is 13.2. The second-order valence-electron chi connectivity index (χ2n) is 8.17. The smallest absolute Gasteiger partial charge is 0.251 e. The first-order valence-corrected chi connectivity index (χ1v) is 11.5. The number of rotatable bonds is 7. The van der Waals surface area contributed by atoms with Crippen LogP contribution in [-0.2, 0) is 6.61 Å². The highest BCUT2D eigenvalue weighted by molar-refractivity contribution is 6.31. The predicted molar refractivity (Wildman–Crippen MR) is 127 cm³/mol. The van der Waals surface area contributed by atoms with E-state index in [0.717, 1.165) is 36.1 Å². The van der Waals surface area contributed by atoms with Gasteiger partial charge in [-0.25, -0.2) is 0 Å². The molecule has 32 heavy (non-hydrogen) atoms. The Kier molecular flexibility index (Phi) is 6.71. The third-order valence-corrected chi connectivity index (χ3v) is 6.61. The summed E-state index contributed by atoms with van der Waals surface area (Å²) in [6, 6.07) is 22.7. The Balaban J connectivity index is 1.50. The summed E-state index contributed by atoms with van der Waals surface area (Å²) in [6.07, 6.45) is 2.51. The van der Waals surface area contributed by atoms with E-state index in [0.29, 0.717) is 22.9 Å². The van der Waals surface area contributed by atoms with Gasteiger partial charge in [0.1, 0.15) is 23.7 Å². The zero-order valence-electron chi connectivity index (χ0n) is 18.4. The molecule has 0 saturated carbocycles. The van der Waals surface area contributed by atoms with Crippen molar-refractivity contribution in [1.29, 1.82) is 0 Å². The maximum atomic E-state index is 13.2. The molecule has 1 aliphatic rings. The van der Waals surface area contributed by atoms with Gasteiger partial charge in [0.25, 0.3) is 5.91 Å². The van der Waals surface area contributed by atoms with Crippen LogP contribution in [0.5, 0.6) is 11.5 Å². The number of benzene rings is 3. The number of hydrogen-bond acceptors (Lipinski definition) is 3. The van der Waals surface area contributed by atoms with E-state index >= 15 is 0 Å². The quantitative estimate of drug-likeness (QED) is 0.435. The maximum Gasteiger partial charge on any atom is 0.251 e. The average molecular weight is 450 g/mol. The molecule has 1 amide bonds. The van der Waals surface area contributed by atoms with E-state index in [1.165, 1.54) is 0 Å². The van der Waals surface area contributed by atoms with Crippen LogP contribution >= 0.6 is 11.6 Å². The van der Waals surface area contributed by atoms with Gasteiger partial charge in [-0.1, -0.05) is 67.9 Å². The van der Waals surface area contributed by atoms with Crippen molar-refractivity contribution in [1.82, 2.24) is 5.32 Å². The average Bonchev–Trinajstić information content (AvgIpc) is 2.83. The number of amides is 1. The molecule has 0 fully saturated rings. The molecule has 0 bridgehead atoms. The Morgan fingerprint density at radius 1 is 1.06 bits per heavy atom. The Labute approximate surface area is 194 Å². The van der Waals surface area contributed by atoms with Gasteiger partial charge in [-0.05, 0) is 43.2 Å². The van der Waals surface area contributed by atoms with Crippen LogP contribution in [0.1, 0.15) is 60.6 Å². The Bertz CT molecular complexity index is 1090. The molecule has 3 aromatic carbocycles. The van der Waals surface area contributed by atoms with Gasteiger partial charge < -0.3 is 14.8 Å². The first-order chi connectivity index (χ1) is 15.5. The number of nitrogens with one attached hydrogen (secondary N) is 1. The van der Waals surface area contributed by atoms with Gasteiger partial charge in [0.15, 0.2) is 0 Å². The van der Waals surface area contributed by atoms with Crippen LogP contribution in [0, 0.1) is 0 Å². The third kappa shape index (κ3) is 4.76. The van der Waals surface area contributed by atoms with Gasteiger partial charge in [0.2, 0.25) is 0 Å². The lowest BCUT2D eigenvalue weighted by Crippen LogP contribution is -2.44. The van der Waals surface area contributed by atoms with Crippen molar-refractivity contribution < 1.29 is 14.3 Å². The van der Waals surface area contributed by atoms with Gasteiger partial charge in [-0.2, -0.15) is 0 Å². The van der Waals surface area contributed by atoms with E-state index < -0.39 is 0 Å². The van der Waals surface area contributed by atoms with Crippen molar-refractivity contribution in [3.63, 3.8) is 0 Å². The summed E-state index contributed by atoms with van der Waals surface area (Å²) < 4.78 is 12.2. The van der Waals surface area contributed by atoms with Gasteiger partial charge in [-0.3, -0.25) is 4.79 Å². The van der Waals surface area contributed by atoms with E-state index in [9.17, 15) is 4.79 Å². The normalized spacial score (nSPS) is 16.5. The van der Waals surface area contributed by atoms with Crippen LogP contribution in [-0.4, -0.2) is 11.5 Å². The fourth-order valence-corrected chi connectivity index (χ4v) is 4.37. The summed E-state index contributed by atoms with van der Waals surface area (Å²) in [7, 11) is 0. The Morgan fingerprint density at radius 3 is 2.59 bits per heavy atom. The monoisotopic (exact) mass is 449 g/mol. The summed E-state index contributed by atoms with van der Waals surface area (Å²) in [5.74, 6) is 1.35. The number of halogens is 1. The van der Waals surface area contributed by atoms with Crippen molar-refractivity contribution >= 4 is 17.5 Å². The fraction of sp³-hybridized carbons (Fsp3) is 0.296. The molecule has 4 nitrogen and oxygen atoms in total. The van der Waals surface area contributed by atoms with Crippen LogP contribution in [0.2, 0.25) is 5.02 Å². The van der Waals surface area contributed by atoms with Crippen molar-refractivity contribution in [2.24, 2.45) is 0 Å². The van der Waals surface area contributed by atoms with Gasteiger partial charge in [-0.15, -0.1) is 0 Å². The van der Waals surface area contributed by atoms with E-state index in [-0.39, 0.29) is 17.6 Å². The molecule has 166 valence electrons. The molecule has 1 unspecified atom stereocenters. The highest BCUT2D eigenvalue weighted by Gasteiger charge is 2.39. The van der Waals surface area contributed by atoms with Gasteiger partial charge in [0.05, 0.1) is 6.04 Å². The number of fused-ring (bicyclic) bond motifs is 1. The van der Waals surface area contributed by atoms with Gasteiger partial charge in [0, 0.05) is 28.1 Å². The first-order valence-electron chi connectivity index (χ1n) is 11.1. The molecule has 0 radical (unpaired) electrons. The standard InChI is InChI=1S/C27H28ClNO3/c1-3-27(4-2)17-24(22-13-6-8-15-25(22)32-27)29-26(30)19-11-9-12-21(16-19)31-18-20-10-5-7-14-23(20)28/h5-16,24H,3-4,17-18H2,1-2H3,(H,29,30). The second-order valence-corrected chi connectivity index (χ2v) is 8.58. The summed E-state index contributed by atoms with van der Waals surface area (Å²) in [6.45, 7) is 4.61. The molecule has 1 aliphatic heterocycles. The molecule has 5 heteroatoms. The maximum absolute atomic E-state index is 13.2. The van der Waals surface area contributed by atoms with Crippen molar-refractivity contribution in [3.8, 4) is 11.5 Å². The number of carbonyl (C=O) groups excluding carboxylic acids is 1. The number of carbonyl (C=O) groups is 1. The molecule has 0 spiro atoms. The lowest BCUT2D eigenvalue weighted by Gasteiger charge is -2.41. The first kappa shape index (κ1) is 22.2. The van der Waals surface area contributed by atoms with E-state index in [4.69, 9.17) is 21.1 Å². The molecule has 1 N–H and O–H groups in total. The van der Waals surface area contributed by atoms with Crippen LogP contribution in [0.15, 0.2) is 72.8 Å². The molecule has 3 aromatic rings. The third-order valence-electron chi connectivity index (χ3n) is 6.24. The molecule has 0 aromatic heterocycles. The van der Waals surface area contributed by atoms with Crippen molar-refractivity contribution in [2.75, 3.05) is 0 Å². The van der Waals surface area contributed by atoms with Crippen molar-refractivity contribution in [3.05, 3.63) is 94.5 Å². The highest BCUT2D eigenvalue weighted by Crippen LogP contribution is 2.42. The minimum Gasteiger partial charge on any atom is -0.489 e. The fourth-order valence-electron chi connectivity index (χ4n) is 4.18. The zero-order chi connectivity index (χ0) is 22.6. The zero-order valence-corrected chi connectivity index (χ0v) is 19.2. The van der Waals surface area contributed by atoms with Crippen LogP contribution in [0.25, 0.3) is 0 Å². The molecular weight excluding hydrogens is 422 g/mol. The summed E-state index contributed by atoms with van der Waals surface area (Å²) in [5.41, 5.74) is 2.21. The Hall–Kier alpha value is -2.98. The highest BCUT2D eigenvalue weighted by atomic mass is 35.5. The molecule has 1 heterocycles. The minimum absolute atomic E-state index is 0.111. The predicted octanol–water partition coefficient (Wildman–Crippen LogP) is 6.73. The Morgan fingerprint density at radius 2 is 1.81 bits per heavy atom. The van der Waals surface area contributed by atoms with E-state index in [1.54, 1.807) is 12.1 Å². The number of hydrogen-bond donors (Lipinski definition) is 1. The van der Waals surface area contributed by atoms with Crippen molar-refractivity contribution in [2.45, 2.75) is 51.4 Å². The molecule has 4 rings (SSSR count). The van der Waals surface area contributed by atoms with E-state index in [1.807, 2.05) is 60.7 Å². The molecule has 0 aliphatic carbocycles. The van der Waals surface area contributed by atoms with E-state index in [2.05, 4.69) is 19.2 Å². The minimum atomic E-state index is -0.272. The summed E-state index contributed by atoms with van der Waals surface area (Å²) in [5, 5.41) is 3.89. The SMILES string of the molecule is CCC1(CC)CC(NC(=O)c2cccc(OCc3ccccc3Cl)c2)c2ccccc2O1. The summed E-state index contributed by atoms with van der Waals surface area (Å²) >= 11 is 6.21. The lowest BCUT2D eigenvalue weighted by atomic mass is 9.83. The number of para-hydroxylation sites is 1. The largest absolute Gasteiger partial charge is 0.489 e. The van der Waals surface area contributed by atoms with Crippen LogP contribution < -0.4 is 14.8 Å². The molecule has 0 saturated heterocycles. The van der Waals surface area contributed by atoms with Gasteiger partial charge >= 0.3 is 0 Å². The van der Waals surface area contributed by atoms with Crippen LogP contribution in [0.4, 0.5) is 0 Å². The second kappa shape index (κ2) is 9.66. The lowest BCUT2D eigenvalue weighted by molar-refractivity contribution is 0.0227. The topological polar surface area (TPSA) is 47.6 Å². The van der Waals surface area contributed by atoms with Crippen LogP contribution in [0.3, 0.4) is 0 Å². The molecule has 1 atom stereocenters.